The first kappa shape index (κ1) is 6.15. The lowest BCUT2D eigenvalue weighted by Gasteiger charge is -1.87. The Morgan fingerprint density at radius 2 is 2.00 bits per heavy atom. The standard InChI is InChI=1S/C6H8O/c1-5(2)6(3)4-7/h4H,1,3H2,2H3. The number of carbonyl (C=O) groups is 1. The Hall–Kier alpha value is -0.850. The molecule has 0 aromatic heterocycles. The van der Waals surface area contributed by atoms with Gasteiger partial charge in [-0.2, -0.15) is 0 Å². The van der Waals surface area contributed by atoms with Crippen LogP contribution in [0.1, 0.15) is 6.92 Å². The zero-order valence-corrected chi connectivity index (χ0v) is 4.40. The number of allylic oxidation sites excluding steroid dienone is 2. The van der Waals surface area contributed by atoms with Crippen LogP contribution in [-0.4, -0.2) is 6.29 Å². The molecule has 1 nitrogen and oxygen atoms in total. The lowest BCUT2D eigenvalue weighted by atomic mass is 10.2. The highest BCUT2D eigenvalue weighted by atomic mass is 16.1. The van der Waals surface area contributed by atoms with Crippen LogP contribution in [0.2, 0.25) is 0 Å². The highest BCUT2D eigenvalue weighted by molar-refractivity contribution is 5.78. The molecule has 0 N–H and O–H groups in total. The summed E-state index contributed by atoms with van der Waals surface area (Å²) in [6.07, 6.45) is 0.697. The maximum Gasteiger partial charge on any atom is 0.149 e. The molecule has 0 saturated heterocycles. The van der Waals surface area contributed by atoms with Gasteiger partial charge in [0, 0.05) is 5.57 Å². The predicted octanol–water partition coefficient (Wildman–Crippen LogP) is 1.32. The molecule has 0 amide bonds. The number of hydrogen-bond acceptors (Lipinski definition) is 1. The van der Waals surface area contributed by atoms with E-state index in [1.807, 2.05) is 0 Å². The second kappa shape index (κ2) is 2.35. The average molecular weight is 96.1 g/mol. The molecule has 0 rings (SSSR count). The first-order chi connectivity index (χ1) is 3.18. The second-order valence-electron chi connectivity index (χ2n) is 1.42. The summed E-state index contributed by atoms with van der Waals surface area (Å²) >= 11 is 0. The molecule has 0 radical (unpaired) electrons. The lowest BCUT2D eigenvalue weighted by Crippen LogP contribution is -1.79. The van der Waals surface area contributed by atoms with Gasteiger partial charge in [-0.3, -0.25) is 4.79 Å². The fraction of sp³-hybridized carbons (Fsp3) is 0.167. The molecule has 0 fully saturated rings. The summed E-state index contributed by atoms with van der Waals surface area (Å²) in [5.74, 6) is 0. The predicted molar refractivity (Wildman–Crippen MR) is 30.0 cm³/mol. The van der Waals surface area contributed by atoms with Crippen molar-refractivity contribution >= 4 is 6.29 Å². The van der Waals surface area contributed by atoms with E-state index in [9.17, 15) is 4.79 Å². The van der Waals surface area contributed by atoms with Crippen LogP contribution in [0.4, 0.5) is 0 Å². The van der Waals surface area contributed by atoms with E-state index in [1.54, 1.807) is 6.92 Å². The molecule has 0 unspecified atom stereocenters. The number of carbonyl (C=O) groups excluding carboxylic acids is 1. The van der Waals surface area contributed by atoms with E-state index in [-0.39, 0.29) is 0 Å². The van der Waals surface area contributed by atoms with E-state index in [0.717, 1.165) is 5.57 Å². The van der Waals surface area contributed by atoms with Crippen LogP contribution in [0.15, 0.2) is 24.3 Å². The molecule has 0 aliphatic carbocycles. The molecule has 0 bridgehead atoms. The third-order valence-corrected chi connectivity index (χ3v) is 0.690. The molecule has 0 aromatic carbocycles. The van der Waals surface area contributed by atoms with Gasteiger partial charge in [-0.25, -0.2) is 0 Å². The van der Waals surface area contributed by atoms with Crippen molar-refractivity contribution in [3.63, 3.8) is 0 Å². The maximum atomic E-state index is 9.79. The van der Waals surface area contributed by atoms with Crippen LogP contribution in [0.3, 0.4) is 0 Å². The second-order valence-corrected chi connectivity index (χ2v) is 1.42. The van der Waals surface area contributed by atoms with Crippen LogP contribution >= 0.6 is 0 Å². The van der Waals surface area contributed by atoms with E-state index in [1.165, 1.54) is 0 Å². The SMILES string of the molecule is C=C(C)C(=C)C=O. The third kappa shape index (κ3) is 1.93. The fourth-order valence-electron chi connectivity index (χ4n) is 0.101. The maximum absolute atomic E-state index is 9.79. The summed E-state index contributed by atoms with van der Waals surface area (Å²) in [6.45, 7) is 8.65. The molecule has 0 saturated carbocycles. The Balaban J connectivity index is 3.81. The minimum Gasteiger partial charge on any atom is -0.298 e. The van der Waals surface area contributed by atoms with Crippen LogP contribution < -0.4 is 0 Å². The van der Waals surface area contributed by atoms with Gasteiger partial charge in [0.25, 0.3) is 0 Å². The molecular weight excluding hydrogens is 88.1 g/mol. The summed E-state index contributed by atoms with van der Waals surface area (Å²) in [6, 6.07) is 0. The van der Waals surface area contributed by atoms with Crippen LogP contribution in [0, 0.1) is 0 Å². The molecule has 1 heteroatoms. The molecule has 0 atom stereocenters. The molecule has 38 valence electrons. The zero-order chi connectivity index (χ0) is 5.86. The Morgan fingerprint density at radius 1 is 1.57 bits per heavy atom. The first-order valence-electron chi connectivity index (χ1n) is 1.98. The Kier molecular flexibility index (Phi) is 2.06. The van der Waals surface area contributed by atoms with Gasteiger partial charge in [0.1, 0.15) is 6.29 Å². The van der Waals surface area contributed by atoms with Crippen molar-refractivity contribution in [2.24, 2.45) is 0 Å². The zero-order valence-electron chi connectivity index (χ0n) is 4.40. The molecule has 0 aliphatic rings. The summed E-state index contributed by atoms with van der Waals surface area (Å²) in [5, 5.41) is 0. The monoisotopic (exact) mass is 96.1 g/mol. The minimum atomic E-state index is 0.472. The molecule has 0 aromatic rings. The van der Waals surface area contributed by atoms with Crippen molar-refractivity contribution in [2.45, 2.75) is 6.92 Å². The van der Waals surface area contributed by atoms with Gasteiger partial charge in [0.2, 0.25) is 0 Å². The fourth-order valence-corrected chi connectivity index (χ4v) is 0.101. The van der Waals surface area contributed by atoms with E-state index < -0.39 is 0 Å². The van der Waals surface area contributed by atoms with E-state index in [4.69, 9.17) is 0 Å². The minimum absolute atomic E-state index is 0.472. The number of aldehydes is 1. The molecule has 7 heavy (non-hydrogen) atoms. The Labute approximate surface area is 43.3 Å². The highest BCUT2D eigenvalue weighted by Gasteiger charge is 1.85. The van der Waals surface area contributed by atoms with Gasteiger partial charge < -0.3 is 0 Å². The summed E-state index contributed by atoms with van der Waals surface area (Å²) < 4.78 is 0. The van der Waals surface area contributed by atoms with Gasteiger partial charge in [-0.15, -0.1) is 0 Å². The normalized spacial score (nSPS) is 7.57. The molecule has 0 spiro atoms. The van der Waals surface area contributed by atoms with Crippen molar-refractivity contribution in [1.29, 1.82) is 0 Å². The Morgan fingerprint density at radius 3 is 2.00 bits per heavy atom. The van der Waals surface area contributed by atoms with Crippen LogP contribution in [0.25, 0.3) is 0 Å². The summed E-state index contributed by atoms with van der Waals surface area (Å²) in [5.41, 5.74) is 1.20. The number of rotatable bonds is 2. The van der Waals surface area contributed by atoms with Crippen LogP contribution in [0.5, 0.6) is 0 Å². The van der Waals surface area contributed by atoms with Gasteiger partial charge in [-0.05, 0) is 12.5 Å². The smallest absolute Gasteiger partial charge is 0.149 e. The van der Waals surface area contributed by atoms with Gasteiger partial charge in [0.05, 0.1) is 0 Å². The van der Waals surface area contributed by atoms with Crippen molar-refractivity contribution < 1.29 is 4.79 Å². The summed E-state index contributed by atoms with van der Waals surface area (Å²) in [7, 11) is 0. The molecule has 0 heterocycles. The summed E-state index contributed by atoms with van der Waals surface area (Å²) in [4.78, 5) is 9.79. The lowest BCUT2D eigenvalue weighted by molar-refractivity contribution is -0.104. The number of hydrogen-bond donors (Lipinski definition) is 0. The van der Waals surface area contributed by atoms with Crippen molar-refractivity contribution in [3.05, 3.63) is 24.3 Å². The Bertz CT molecular complexity index is 111. The van der Waals surface area contributed by atoms with Crippen molar-refractivity contribution in [2.75, 3.05) is 0 Å². The molecular formula is C6H8O. The van der Waals surface area contributed by atoms with Gasteiger partial charge >= 0.3 is 0 Å². The quantitative estimate of drug-likeness (QED) is 0.288. The van der Waals surface area contributed by atoms with Gasteiger partial charge in [0.15, 0.2) is 0 Å². The van der Waals surface area contributed by atoms with E-state index >= 15 is 0 Å². The van der Waals surface area contributed by atoms with Gasteiger partial charge in [-0.1, -0.05) is 13.2 Å². The van der Waals surface area contributed by atoms with Crippen LogP contribution in [-0.2, 0) is 4.79 Å². The molecule has 0 aliphatic heterocycles. The third-order valence-electron chi connectivity index (χ3n) is 0.690. The van der Waals surface area contributed by atoms with E-state index in [2.05, 4.69) is 13.2 Å². The van der Waals surface area contributed by atoms with Crippen molar-refractivity contribution in [1.82, 2.24) is 0 Å². The largest absolute Gasteiger partial charge is 0.298 e. The topological polar surface area (TPSA) is 17.1 Å². The van der Waals surface area contributed by atoms with Crippen molar-refractivity contribution in [3.8, 4) is 0 Å². The highest BCUT2D eigenvalue weighted by Crippen LogP contribution is 1.96. The first-order valence-corrected chi connectivity index (χ1v) is 1.98. The van der Waals surface area contributed by atoms with E-state index in [0.29, 0.717) is 11.9 Å². The average Bonchev–Trinajstić information content (AvgIpc) is 1.65.